The Morgan fingerprint density at radius 2 is 2.00 bits per heavy atom. The minimum absolute atomic E-state index is 0.339. The van der Waals surface area contributed by atoms with Gasteiger partial charge in [-0.15, -0.1) is 0 Å². The van der Waals surface area contributed by atoms with Gasteiger partial charge in [0.2, 0.25) is 0 Å². The summed E-state index contributed by atoms with van der Waals surface area (Å²) >= 11 is 3.86. The van der Waals surface area contributed by atoms with Crippen molar-refractivity contribution in [3.8, 4) is 0 Å². The summed E-state index contributed by atoms with van der Waals surface area (Å²) in [6.07, 6.45) is 6.75. The molecule has 3 rings (SSSR count). The van der Waals surface area contributed by atoms with Crippen LogP contribution in [0.1, 0.15) is 47.7 Å². The fourth-order valence-corrected chi connectivity index (χ4v) is 4.16. The second-order valence-corrected chi connectivity index (χ2v) is 6.72. The molecule has 0 saturated carbocycles. The average Bonchev–Trinajstić information content (AvgIpc) is 2.83. The van der Waals surface area contributed by atoms with E-state index in [1.54, 1.807) is 11.1 Å². The molecule has 0 N–H and O–H groups in total. The second kappa shape index (κ2) is 5.34. The van der Waals surface area contributed by atoms with E-state index >= 15 is 0 Å². The van der Waals surface area contributed by atoms with Crippen LogP contribution in [0.3, 0.4) is 0 Å². The van der Waals surface area contributed by atoms with Crippen molar-refractivity contribution in [3.05, 3.63) is 34.9 Å². The van der Waals surface area contributed by atoms with Crippen LogP contribution in [0.4, 0.5) is 0 Å². The molecule has 1 nitrogen and oxygen atoms in total. The highest BCUT2D eigenvalue weighted by Crippen LogP contribution is 2.38. The van der Waals surface area contributed by atoms with Gasteiger partial charge in [-0.3, -0.25) is 0 Å². The first-order valence-electron chi connectivity index (χ1n) is 7.13. The molecule has 98 valence electrons. The Morgan fingerprint density at radius 1 is 1.22 bits per heavy atom. The number of benzene rings is 1. The van der Waals surface area contributed by atoms with Gasteiger partial charge in [-0.25, -0.2) is 0 Å². The lowest BCUT2D eigenvalue weighted by Gasteiger charge is -2.23. The van der Waals surface area contributed by atoms with Gasteiger partial charge in [-0.2, -0.15) is 0 Å². The minimum atomic E-state index is 0.339. The molecular formula is C16H21BrO. The van der Waals surface area contributed by atoms with Crippen LogP contribution in [-0.4, -0.2) is 12.7 Å². The number of halogens is 1. The van der Waals surface area contributed by atoms with E-state index in [0.717, 1.165) is 6.61 Å². The summed E-state index contributed by atoms with van der Waals surface area (Å²) in [6.45, 7) is 3.21. The molecule has 2 aliphatic rings. The Kier molecular flexibility index (Phi) is 3.76. The average molecular weight is 309 g/mol. The first-order chi connectivity index (χ1) is 8.75. The first kappa shape index (κ1) is 12.7. The molecule has 1 saturated heterocycles. The second-order valence-electron chi connectivity index (χ2n) is 5.74. The Hall–Kier alpha value is -0.340. The van der Waals surface area contributed by atoms with E-state index < -0.39 is 0 Å². The van der Waals surface area contributed by atoms with Crippen molar-refractivity contribution in [1.82, 2.24) is 0 Å². The van der Waals surface area contributed by atoms with Crippen LogP contribution in [0.15, 0.2) is 18.2 Å². The number of rotatable bonds is 2. The predicted molar refractivity (Wildman–Crippen MR) is 78.3 cm³/mol. The minimum Gasteiger partial charge on any atom is -0.376 e. The van der Waals surface area contributed by atoms with Gasteiger partial charge in [-0.05, 0) is 54.7 Å². The Balaban J connectivity index is 1.83. The van der Waals surface area contributed by atoms with E-state index in [2.05, 4.69) is 41.1 Å². The molecule has 0 amide bonds. The lowest BCUT2D eigenvalue weighted by Crippen LogP contribution is -2.19. The third kappa shape index (κ3) is 2.37. The fourth-order valence-electron chi connectivity index (χ4n) is 3.21. The number of hydrogen-bond donors (Lipinski definition) is 0. The highest BCUT2D eigenvalue weighted by atomic mass is 79.9. The standard InChI is InChI=1S/C16H21BrO/c1-11-8-9-18-16(11)15(17)14-7-6-12-4-2-3-5-13(12)10-14/h6-7,10-11,15-16H,2-5,8-9H2,1H3. The summed E-state index contributed by atoms with van der Waals surface area (Å²) in [7, 11) is 0. The lowest BCUT2D eigenvalue weighted by molar-refractivity contribution is 0.0935. The van der Waals surface area contributed by atoms with Crippen LogP contribution in [0, 0.1) is 5.92 Å². The van der Waals surface area contributed by atoms with Gasteiger partial charge in [0, 0.05) is 6.61 Å². The molecule has 3 atom stereocenters. The van der Waals surface area contributed by atoms with E-state index in [9.17, 15) is 0 Å². The number of fused-ring (bicyclic) bond motifs is 1. The highest BCUT2D eigenvalue weighted by Gasteiger charge is 2.31. The molecule has 1 heterocycles. The molecule has 3 unspecified atom stereocenters. The zero-order valence-electron chi connectivity index (χ0n) is 11.0. The number of ether oxygens (including phenoxy) is 1. The summed E-state index contributed by atoms with van der Waals surface area (Å²) in [5.41, 5.74) is 4.52. The van der Waals surface area contributed by atoms with Crippen molar-refractivity contribution >= 4 is 15.9 Å². The van der Waals surface area contributed by atoms with Crippen molar-refractivity contribution < 1.29 is 4.74 Å². The maximum absolute atomic E-state index is 5.88. The Morgan fingerprint density at radius 3 is 2.72 bits per heavy atom. The van der Waals surface area contributed by atoms with Crippen molar-refractivity contribution in [2.45, 2.75) is 50.0 Å². The molecule has 1 aromatic rings. The van der Waals surface area contributed by atoms with Gasteiger partial charge in [0.1, 0.15) is 0 Å². The van der Waals surface area contributed by atoms with Gasteiger partial charge in [0.25, 0.3) is 0 Å². The molecule has 1 fully saturated rings. The van der Waals surface area contributed by atoms with Crippen LogP contribution in [-0.2, 0) is 17.6 Å². The Labute approximate surface area is 118 Å². The zero-order valence-corrected chi connectivity index (χ0v) is 12.6. The molecule has 18 heavy (non-hydrogen) atoms. The SMILES string of the molecule is CC1CCOC1C(Br)c1ccc2c(c1)CCCC2. The van der Waals surface area contributed by atoms with Gasteiger partial charge in [0.05, 0.1) is 10.9 Å². The number of aryl methyl sites for hydroxylation is 2. The van der Waals surface area contributed by atoms with E-state index in [0.29, 0.717) is 16.8 Å². The molecule has 1 aliphatic heterocycles. The molecule has 2 heteroatoms. The smallest absolute Gasteiger partial charge is 0.0767 e. The monoisotopic (exact) mass is 308 g/mol. The van der Waals surface area contributed by atoms with Gasteiger partial charge >= 0.3 is 0 Å². The lowest BCUT2D eigenvalue weighted by atomic mass is 9.88. The van der Waals surface area contributed by atoms with Gasteiger partial charge in [0.15, 0.2) is 0 Å². The number of alkyl halides is 1. The van der Waals surface area contributed by atoms with E-state index in [1.807, 2.05) is 0 Å². The molecule has 0 spiro atoms. The molecular weight excluding hydrogens is 288 g/mol. The predicted octanol–water partition coefficient (Wildman–Crippen LogP) is 4.43. The number of hydrogen-bond acceptors (Lipinski definition) is 1. The third-order valence-corrected chi connectivity index (χ3v) is 5.47. The molecule has 0 radical (unpaired) electrons. The quantitative estimate of drug-likeness (QED) is 0.735. The largest absolute Gasteiger partial charge is 0.376 e. The van der Waals surface area contributed by atoms with Crippen LogP contribution < -0.4 is 0 Å². The molecule has 1 aliphatic carbocycles. The van der Waals surface area contributed by atoms with Crippen LogP contribution >= 0.6 is 15.9 Å². The van der Waals surface area contributed by atoms with Crippen molar-refractivity contribution in [2.24, 2.45) is 5.92 Å². The van der Waals surface area contributed by atoms with Gasteiger partial charge < -0.3 is 4.74 Å². The Bertz CT molecular complexity index is 429. The third-order valence-electron chi connectivity index (χ3n) is 4.42. The van der Waals surface area contributed by atoms with Crippen molar-refractivity contribution in [3.63, 3.8) is 0 Å². The first-order valence-corrected chi connectivity index (χ1v) is 8.04. The zero-order chi connectivity index (χ0) is 12.5. The summed E-state index contributed by atoms with van der Waals surface area (Å²) in [5, 5.41) is 0. The topological polar surface area (TPSA) is 9.23 Å². The van der Waals surface area contributed by atoms with Crippen molar-refractivity contribution in [2.75, 3.05) is 6.61 Å². The van der Waals surface area contributed by atoms with E-state index in [-0.39, 0.29) is 0 Å². The van der Waals surface area contributed by atoms with E-state index in [4.69, 9.17) is 4.74 Å². The normalized spacial score (nSPS) is 29.0. The van der Waals surface area contributed by atoms with Crippen LogP contribution in [0.2, 0.25) is 0 Å². The molecule has 1 aromatic carbocycles. The van der Waals surface area contributed by atoms with Crippen LogP contribution in [0.25, 0.3) is 0 Å². The van der Waals surface area contributed by atoms with Gasteiger partial charge in [-0.1, -0.05) is 41.1 Å². The fraction of sp³-hybridized carbons (Fsp3) is 0.625. The molecule has 0 bridgehead atoms. The van der Waals surface area contributed by atoms with Crippen molar-refractivity contribution in [1.29, 1.82) is 0 Å². The van der Waals surface area contributed by atoms with E-state index in [1.165, 1.54) is 37.7 Å². The summed E-state index contributed by atoms with van der Waals surface area (Å²) in [5.74, 6) is 0.658. The highest BCUT2D eigenvalue weighted by molar-refractivity contribution is 9.09. The maximum atomic E-state index is 5.88. The summed E-state index contributed by atoms with van der Waals surface area (Å²) < 4.78 is 5.88. The summed E-state index contributed by atoms with van der Waals surface area (Å²) in [6, 6.07) is 7.03. The summed E-state index contributed by atoms with van der Waals surface area (Å²) in [4.78, 5) is 0.349. The van der Waals surface area contributed by atoms with Crippen LogP contribution in [0.5, 0.6) is 0 Å². The maximum Gasteiger partial charge on any atom is 0.0767 e. The molecule has 0 aromatic heterocycles.